The van der Waals surface area contributed by atoms with Crippen molar-refractivity contribution < 1.29 is 22.7 Å². The number of rotatable bonds is 3. The zero-order chi connectivity index (χ0) is 17.5. The second-order valence-electron chi connectivity index (χ2n) is 6.03. The van der Waals surface area contributed by atoms with Gasteiger partial charge in [0.05, 0.1) is 10.6 Å². The largest absolute Gasteiger partial charge is 0.482 e. The van der Waals surface area contributed by atoms with Crippen LogP contribution in [0.5, 0.6) is 5.75 Å². The number of aryl methyl sites for hydroxylation is 1. The number of sulfonamides is 1. The Hall–Kier alpha value is -2.13. The van der Waals surface area contributed by atoms with Gasteiger partial charge in [0.2, 0.25) is 15.9 Å². The minimum atomic E-state index is -3.70. The summed E-state index contributed by atoms with van der Waals surface area (Å²) in [6.07, 6.45) is 0.843. The summed E-state index contributed by atoms with van der Waals surface area (Å²) in [6, 6.07) is 3.04. The van der Waals surface area contributed by atoms with E-state index in [0.29, 0.717) is 29.8 Å². The molecule has 2 aliphatic heterocycles. The Morgan fingerprint density at radius 2 is 2.00 bits per heavy atom. The molecule has 1 saturated heterocycles. The average Bonchev–Trinajstić information content (AvgIpc) is 2.54. The SMILES string of the molecule is Cc1cc2c(cc1S(=O)(=O)N1CCC(C(N)=O)CC1)OCC(=O)N2. The van der Waals surface area contributed by atoms with Gasteiger partial charge in [-0.1, -0.05) is 0 Å². The van der Waals surface area contributed by atoms with E-state index in [2.05, 4.69) is 5.32 Å². The number of anilines is 1. The molecule has 0 aliphatic carbocycles. The van der Waals surface area contributed by atoms with Gasteiger partial charge in [0.1, 0.15) is 5.75 Å². The summed E-state index contributed by atoms with van der Waals surface area (Å²) in [5.41, 5.74) is 6.28. The van der Waals surface area contributed by atoms with Crippen molar-refractivity contribution in [1.29, 1.82) is 0 Å². The van der Waals surface area contributed by atoms with E-state index in [1.165, 1.54) is 10.4 Å². The molecule has 24 heavy (non-hydrogen) atoms. The normalized spacial score (nSPS) is 19.3. The second-order valence-corrected chi connectivity index (χ2v) is 7.94. The molecule has 1 aromatic carbocycles. The molecule has 2 amide bonds. The number of carbonyl (C=O) groups is 2. The molecule has 0 radical (unpaired) electrons. The Morgan fingerprint density at radius 1 is 1.33 bits per heavy atom. The lowest BCUT2D eigenvalue weighted by atomic mass is 9.98. The second kappa shape index (κ2) is 6.06. The third-order valence-corrected chi connectivity index (χ3v) is 6.42. The summed E-state index contributed by atoms with van der Waals surface area (Å²) in [5, 5.41) is 2.65. The van der Waals surface area contributed by atoms with Crippen molar-refractivity contribution in [3.05, 3.63) is 17.7 Å². The van der Waals surface area contributed by atoms with Crippen LogP contribution >= 0.6 is 0 Å². The number of ether oxygens (including phenoxy) is 1. The molecule has 8 nitrogen and oxygen atoms in total. The van der Waals surface area contributed by atoms with Crippen molar-refractivity contribution in [3.8, 4) is 5.75 Å². The molecule has 2 heterocycles. The Bertz CT molecular complexity index is 798. The number of benzene rings is 1. The highest BCUT2D eigenvalue weighted by molar-refractivity contribution is 7.89. The Labute approximate surface area is 140 Å². The fourth-order valence-corrected chi connectivity index (χ4v) is 4.71. The van der Waals surface area contributed by atoms with E-state index in [1.54, 1.807) is 13.0 Å². The lowest BCUT2D eigenvalue weighted by Crippen LogP contribution is -2.41. The molecule has 2 aliphatic rings. The first-order valence-corrected chi connectivity index (χ1v) is 9.10. The van der Waals surface area contributed by atoms with Crippen LogP contribution in [0.25, 0.3) is 0 Å². The molecule has 0 unspecified atom stereocenters. The van der Waals surface area contributed by atoms with Gasteiger partial charge in [-0.2, -0.15) is 4.31 Å². The van der Waals surface area contributed by atoms with Crippen LogP contribution in [0.3, 0.4) is 0 Å². The van der Waals surface area contributed by atoms with Crippen LogP contribution in [0.4, 0.5) is 5.69 Å². The summed E-state index contributed by atoms with van der Waals surface area (Å²) in [7, 11) is -3.70. The topological polar surface area (TPSA) is 119 Å². The third-order valence-electron chi connectivity index (χ3n) is 4.38. The maximum absolute atomic E-state index is 12.9. The first-order chi connectivity index (χ1) is 11.3. The highest BCUT2D eigenvalue weighted by Gasteiger charge is 2.33. The lowest BCUT2D eigenvalue weighted by Gasteiger charge is -2.30. The molecule has 3 N–H and O–H groups in total. The Balaban J connectivity index is 1.88. The molecule has 9 heteroatoms. The summed E-state index contributed by atoms with van der Waals surface area (Å²) in [6.45, 7) is 2.04. The molecule has 0 saturated carbocycles. The third kappa shape index (κ3) is 2.96. The van der Waals surface area contributed by atoms with E-state index in [1.807, 2.05) is 0 Å². The van der Waals surface area contributed by atoms with E-state index in [4.69, 9.17) is 10.5 Å². The number of primary amides is 1. The molecular weight excluding hydrogens is 334 g/mol. The monoisotopic (exact) mass is 353 g/mol. The van der Waals surface area contributed by atoms with Gasteiger partial charge < -0.3 is 15.8 Å². The van der Waals surface area contributed by atoms with Gasteiger partial charge in [-0.25, -0.2) is 8.42 Å². The van der Waals surface area contributed by atoms with E-state index in [-0.39, 0.29) is 42.3 Å². The van der Waals surface area contributed by atoms with E-state index in [9.17, 15) is 18.0 Å². The molecule has 0 bridgehead atoms. The van der Waals surface area contributed by atoms with Crippen LogP contribution in [0.15, 0.2) is 17.0 Å². The van der Waals surface area contributed by atoms with Crippen molar-refractivity contribution in [2.75, 3.05) is 25.0 Å². The van der Waals surface area contributed by atoms with Gasteiger partial charge in [-0.05, 0) is 31.4 Å². The number of nitrogens with two attached hydrogens (primary N) is 1. The maximum Gasteiger partial charge on any atom is 0.262 e. The Morgan fingerprint density at radius 3 is 2.62 bits per heavy atom. The lowest BCUT2D eigenvalue weighted by molar-refractivity contribution is -0.123. The number of nitrogens with zero attached hydrogens (tertiary/aromatic N) is 1. The molecule has 1 fully saturated rings. The van der Waals surface area contributed by atoms with Crippen LogP contribution in [0.2, 0.25) is 0 Å². The van der Waals surface area contributed by atoms with E-state index in [0.717, 1.165) is 0 Å². The highest BCUT2D eigenvalue weighted by Crippen LogP contribution is 2.35. The number of carbonyl (C=O) groups excluding carboxylic acids is 2. The number of amides is 2. The summed E-state index contributed by atoms with van der Waals surface area (Å²) < 4.78 is 32.5. The predicted molar refractivity (Wildman–Crippen MR) is 86.0 cm³/mol. The summed E-state index contributed by atoms with van der Waals surface area (Å²) in [4.78, 5) is 22.7. The molecule has 130 valence electrons. The van der Waals surface area contributed by atoms with Gasteiger partial charge >= 0.3 is 0 Å². The van der Waals surface area contributed by atoms with Crippen molar-refractivity contribution in [2.45, 2.75) is 24.7 Å². The molecule has 0 spiro atoms. The number of hydrogen-bond donors (Lipinski definition) is 2. The number of nitrogens with one attached hydrogen (secondary N) is 1. The fraction of sp³-hybridized carbons (Fsp3) is 0.467. The molecule has 1 aromatic rings. The number of hydrogen-bond acceptors (Lipinski definition) is 5. The number of fused-ring (bicyclic) bond motifs is 1. The first kappa shape index (κ1) is 16.7. The minimum Gasteiger partial charge on any atom is -0.482 e. The van der Waals surface area contributed by atoms with E-state index >= 15 is 0 Å². The molecule has 0 atom stereocenters. The number of piperidine rings is 1. The van der Waals surface area contributed by atoms with Crippen molar-refractivity contribution in [1.82, 2.24) is 4.31 Å². The first-order valence-electron chi connectivity index (χ1n) is 7.66. The van der Waals surface area contributed by atoms with Crippen LogP contribution in [0.1, 0.15) is 18.4 Å². The zero-order valence-corrected chi connectivity index (χ0v) is 14.1. The maximum atomic E-state index is 12.9. The molecule has 3 rings (SSSR count). The van der Waals surface area contributed by atoms with Gasteiger partial charge in [0, 0.05) is 25.1 Å². The molecular formula is C15H19N3O5S. The molecule has 0 aromatic heterocycles. The van der Waals surface area contributed by atoms with Crippen LogP contribution in [0, 0.1) is 12.8 Å². The van der Waals surface area contributed by atoms with Crippen molar-refractivity contribution in [2.24, 2.45) is 11.7 Å². The van der Waals surface area contributed by atoms with Crippen LogP contribution < -0.4 is 15.8 Å². The summed E-state index contributed by atoms with van der Waals surface area (Å²) in [5.74, 6) is -0.599. The fourth-order valence-electron chi connectivity index (χ4n) is 3.01. The highest BCUT2D eigenvalue weighted by atomic mass is 32.2. The average molecular weight is 353 g/mol. The van der Waals surface area contributed by atoms with Gasteiger partial charge in [-0.15, -0.1) is 0 Å². The van der Waals surface area contributed by atoms with Gasteiger partial charge in [-0.3, -0.25) is 9.59 Å². The summed E-state index contributed by atoms with van der Waals surface area (Å²) >= 11 is 0. The standard InChI is InChI=1S/C15H19N3O5S/c1-9-6-11-12(23-8-14(19)17-11)7-13(9)24(21,22)18-4-2-10(3-5-18)15(16)20/h6-7,10H,2-5,8H2,1H3,(H2,16,20)(H,17,19). The van der Waals surface area contributed by atoms with Crippen molar-refractivity contribution in [3.63, 3.8) is 0 Å². The smallest absolute Gasteiger partial charge is 0.262 e. The van der Waals surface area contributed by atoms with E-state index < -0.39 is 10.0 Å². The van der Waals surface area contributed by atoms with Gasteiger partial charge in [0.25, 0.3) is 5.91 Å². The predicted octanol–water partition coefficient (Wildman–Crippen LogP) is 0.212. The van der Waals surface area contributed by atoms with Crippen LogP contribution in [-0.2, 0) is 19.6 Å². The zero-order valence-electron chi connectivity index (χ0n) is 13.2. The quantitative estimate of drug-likeness (QED) is 0.805. The minimum absolute atomic E-state index is 0.139. The Kier molecular flexibility index (Phi) is 4.22. The van der Waals surface area contributed by atoms with Crippen LogP contribution in [-0.4, -0.2) is 44.2 Å². The van der Waals surface area contributed by atoms with Crippen molar-refractivity contribution >= 4 is 27.5 Å². The van der Waals surface area contributed by atoms with Gasteiger partial charge in [0.15, 0.2) is 6.61 Å².